The lowest BCUT2D eigenvalue weighted by Gasteiger charge is -2.41. The van der Waals surface area contributed by atoms with Crippen LogP contribution >= 0.6 is 12.2 Å². The molecule has 0 aromatic carbocycles. The number of aromatic nitrogens is 2. The molecule has 1 fully saturated rings. The summed E-state index contributed by atoms with van der Waals surface area (Å²) in [6.07, 6.45) is -3.58. The molecule has 152 valence electrons. The number of carbonyl (C=O) groups is 1. The highest BCUT2D eigenvalue weighted by Crippen LogP contribution is 2.46. The monoisotopic (exact) mass is 421 g/mol. The zero-order valence-electron chi connectivity index (χ0n) is 16.0. The second kappa shape index (κ2) is 7.66. The number of nitrogens with one attached hydrogen (secondary N) is 1. The Labute approximate surface area is 175 Å². The van der Waals surface area contributed by atoms with E-state index in [1.54, 1.807) is 13.8 Å². The van der Waals surface area contributed by atoms with E-state index in [0.717, 1.165) is 10.8 Å². The molecule has 1 saturated heterocycles. The van der Waals surface area contributed by atoms with Gasteiger partial charge in [-0.05, 0) is 25.1 Å². The van der Waals surface area contributed by atoms with Crippen LogP contribution in [0, 0.1) is 17.6 Å². The minimum Gasteiger partial charge on any atom is -0.473 e. The normalized spacial score (nSPS) is 31.0. The van der Waals surface area contributed by atoms with Gasteiger partial charge in [-0.1, -0.05) is 13.8 Å². The summed E-state index contributed by atoms with van der Waals surface area (Å²) in [6.45, 7) is 4.59. The number of aromatic amines is 1. The van der Waals surface area contributed by atoms with E-state index in [4.69, 9.17) is 51.0 Å². The van der Waals surface area contributed by atoms with E-state index < -0.39 is 52.6 Å². The maximum atomic E-state index is 15.7. The van der Waals surface area contributed by atoms with Gasteiger partial charge < -0.3 is 30.0 Å². The lowest BCUT2D eigenvalue weighted by atomic mass is 9.59. The van der Waals surface area contributed by atoms with Crippen molar-refractivity contribution >= 4 is 41.7 Å². The predicted octanol–water partition coefficient (Wildman–Crippen LogP) is -2.07. The van der Waals surface area contributed by atoms with E-state index in [1.165, 1.54) is 6.92 Å². The number of alkyl halides is 1. The Morgan fingerprint density at radius 2 is 2.03 bits per heavy atom. The Morgan fingerprint density at radius 1 is 1.48 bits per heavy atom. The fourth-order valence-electron chi connectivity index (χ4n) is 2.69. The average Bonchev–Trinajstić information content (AvgIpc) is 2.79. The molecule has 9 nitrogen and oxygen atoms in total. The average molecular weight is 421 g/mol. The Balaban J connectivity index is 2.48. The number of aliphatic hydroxyl groups is 2. The van der Waals surface area contributed by atoms with Crippen molar-refractivity contribution < 1.29 is 28.9 Å². The highest BCUT2D eigenvalue weighted by atomic mass is 32.1. The summed E-state index contributed by atoms with van der Waals surface area (Å²) >= 11 is 4.97. The number of nitrogens with zero attached hydrogens (tertiary/aromatic N) is 1. The first-order valence-electron chi connectivity index (χ1n) is 8.52. The van der Waals surface area contributed by atoms with Gasteiger partial charge in [-0.3, -0.25) is 14.6 Å². The first-order valence-corrected chi connectivity index (χ1v) is 8.92. The maximum Gasteiger partial charge on any atom is 0.322 e. The molecule has 1 aliphatic rings. The number of aryl methyl sites for hydroxylation is 1. The van der Waals surface area contributed by atoms with Crippen LogP contribution in [0.2, 0.25) is 0 Å². The molecule has 14 heteroatoms. The molecular weight excluding hydrogens is 402 g/mol. The molecule has 0 spiro atoms. The van der Waals surface area contributed by atoms with E-state index in [2.05, 4.69) is 4.98 Å². The van der Waals surface area contributed by atoms with Gasteiger partial charge in [0.25, 0.3) is 11.4 Å². The van der Waals surface area contributed by atoms with Crippen LogP contribution in [0.5, 0.6) is 0 Å². The van der Waals surface area contributed by atoms with E-state index in [9.17, 15) is 19.8 Å². The molecule has 2 rings (SSSR count). The molecule has 1 aromatic heterocycles. The fourth-order valence-corrected chi connectivity index (χ4v) is 2.98. The summed E-state index contributed by atoms with van der Waals surface area (Å²) in [6, 6.07) is -1.20. The largest absolute Gasteiger partial charge is 0.473 e. The summed E-state index contributed by atoms with van der Waals surface area (Å²) < 4.78 is 25.9. The minimum atomic E-state index is -3.58. The van der Waals surface area contributed by atoms with Gasteiger partial charge in [0.2, 0.25) is 0 Å². The molecular formula is C15H19B3FN3O6S. The molecule has 2 heterocycles. The van der Waals surface area contributed by atoms with Crippen molar-refractivity contribution in [2.24, 2.45) is 11.7 Å². The van der Waals surface area contributed by atoms with Crippen molar-refractivity contribution in [1.82, 2.24) is 9.55 Å². The van der Waals surface area contributed by atoms with Gasteiger partial charge in [0.15, 0.2) is 4.77 Å². The van der Waals surface area contributed by atoms with Crippen LogP contribution in [0.25, 0.3) is 0 Å². The van der Waals surface area contributed by atoms with Crippen LogP contribution in [-0.4, -0.2) is 78.8 Å². The van der Waals surface area contributed by atoms with Crippen molar-refractivity contribution in [2.45, 2.75) is 55.9 Å². The van der Waals surface area contributed by atoms with Crippen LogP contribution in [0.1, 0.15) is 19.4 Å². The zero-order valence-corrected chi connectivity index (χ0v) is 16.8. The Hall–Kier alpha value is -1.47. The van der Waals surface area contributed by atoms with Gasteiger partial charge in [-0.2, -0.15) is 0 Å². The number of rotatable bonds is 5. The van der Waals surface area contributed by atoms with Crippen LogP contribution in [0.15, 0.2) is 11.0 Å². The molecule has 0 amide bonds. The van der Waals surface area contributed by atoms with Gasteiger partial charge in [0, 0.05) is 11.8 Å². The molecule has 0 saturated carbocycles. The number of H-pyrrole nitrogens is 1. The van der Waals surface area contributed by atoms with Crippen molar-refractivity contribution in [3.05, 3.63) is 26.9 Å². The molecule has 5 atom stereocenters. The minimum absolute atomic E-state index is 0.0890. The van der Waals surface area contributed by atoms with Crippen molar-refractivity contribution in [3.63, 3.8) is 0 Å². The predicted molar refractivity (Wildman–Crippen MR) is 104 cm³/mol. The molecule has 1 aliphatic heterocycles. The van der Waals surface area contributed by atoms with Gasteiger partial charge in [-0.25, -0.2) is 4.39 Å². The SMILES string of the molecule is [B]C([B])(OC(=O)[C@@H](N)C(C)C)[C@@]1(F)O[C@@]([B])(n2cc(C)c(=O)[nH]c2=S)[C@H](O)[C@@H]1O. The standard InChI is InChI=1S/C15H19B3FN3O6S/c1-5(2)7(20)11(26)27-15(17,18)13(19)8(23)9(24)14(16,28-13)22-4-6(3)10(25)21-12(22)29/h4-5,7-9,23-24H,20H2,1-3H3,(H,21,25,29)/t7-,8-,9+,13-,14-/m0/s1. The lowest BCUT2D eigenvalue weighted by Crippen LogP contribution is -2.62. The number of carbonyl (C=O) groups excluding carboxylic acids is 1. The third kappa shape index (κ3) is 3.84. The fraction of sp³-hybridized carbons (Fsp3) is 0.667. The van der Waals surface area contributed by atoms with Gasteiger partial charge >= 0.3 is 5.97 Å². The number of hydrogen-bond donors (Lipinski definition) is 4. The first-order chi connectivity index (χ1) is 13.1. The molecule has 6 radical (unpaired) electrons. The number of ether oxygens (including phenoxy) is 2. The van der Waals surface area contributed by atoms with Gasteiger partial charge in [0.1, 0.15) is 47.4 Å². The summed E-state index contributed by atoms with van der Waals surface area (Å²) in [5.41, 5.74) is 2.60. The zero-order chi connectivity index (χ0) is 22.5. The molecule has 0 unspecified atom stereocenters. The highest BCUT2D eigenvalue weighted by molar-refractivity contribution is 7.71. The lowest BCUT2D eigenvalue weighted by molar-refractivity contribution is -0.250. The second-order valence-electron chi connectivity index (χ2n) is 7.31. The van der Waals surface area contributed by atoms with Crippen LogP contribution in [0.4, 0.5) is 4.39 Å². The number of nitrogens with two attached hydrogens (primary N) is 1. The quantitative estimate of drug-likeness (QED) is 0.242. The highest BCUT2D eigenvalue weighted by Gasteiger charge is 2.68. The van der Waals surface area contributed by atoms with Gasteiger partial charge in [-0.15, -0.1) is 0 Å². The van der Waals surface area contributed by atoms with E-state index in [1.807, 2.05) is 0 Å². The van der Waals surface area contributed by atoms with Crippen LogP contribution < -0.4 is 11.3 Å². The third-order valence-corrected chi connectivity index (χ3v) is 5.00. The molecule has 0 aliphatic carbocycles. The number of esters is 1. The number of halogens is 1. The van der Waals surface area contributed by atoms with E-state index in [-0.39, 0.29) is 10.3 Å². The number of hydrogen-bond acceptors (Lipinski definition) is 8. The van der Waals surface area contributed by atoms with Crippen LogP contribution in [-0.2, 0) is 19.9 Å². The van der Waals surface area contributed by atoms with Crippen molar-refractivity contribution in [2.75, 3.05) is 0 Å². The van der Waals surface area contributed by atoms with Crippen molar-refractivity contribution in [1.29, 1.82) is 0 Å². The van der Waals surface area contributed by atoms with Crippen LogP contribution in [0.3, 0.4) is 0 Å². The Kier molecular flexibility index (Phi) is 6.29. The molecule has 5 N–H and O–H groups in total. The van der Waals surface area contributed by atoms with E-state index >= 15 is 4.39 Å². The summed E-state index contributed by atoms with van der Waals surface area (Å²) in [4.78, 5) is 26.0. The molecule has 29 heavy (non-hydrogen) atoms. The van der Waals surface area contributed by atoms with Crippen molar-refractivity contribution in [3.8, 4) is 0 Å². The topological polar surface area (TPSA) is 140 Å². The maximum absolute atomic E-state index is 15.7. The molecule has 0 bridgehead atoms. The van der Waals surface area contributed by atoms with Gasteiger partial charge in [0.05, 0.1) is 5.40 Å². The second-order valence-corrected chi connectivity index (χ2v) is 7.70. The number of aliphatic hydroxyl groups excluding tert-OH is 2. The molecule has 1 aromatic rings. The summed E-state index contributed by atoms with van der Waals surface area (Å²) in [5, 5.41) is 17.6. The first kappa shape index (κ1) is 23.8. The summed E-state index contributed by atoms with van der Waals surface area (Å²) in [7, 11) is 17.2. The van der Waals surface area contributed by atoms with E-state index in [0.29, 0.717) is 0 Å². The summed E-state index contributed by atoms with van der Waals surface area (Å²) in [5.74, 6) is -5.14. The smallest absolute Gasteiger partial charge is 0.322 e. The Morgan fingerprint density at radius 3 is 2.55 bits per heavy atom. The Bertz CT molecular complexity index is 927. The third-order valence-electron chi connectivity index (χ3n) is 4.70.